The minimum atomic E-state index is 0.683. The van der Waals surface area contributed by atoms with Gasteiger partial charge in [0, 0.05) is 11.1 Å². The van der Waals surface area contributed by atoms with Crippen molar-refractivity contribution in [2.75, 3.05) is 7.11 Å². The molecule has 2 nitrogen and oxygen atoms in total. The van der Waals surface area contributed by atoms with Crippen molar-refractivity contribution in [3.8, 4) is 22.9 Å². The van der Waals surface area contributed by atoms with Crippen LogP contribution in [-0.2, 0) is 0 Å². The maximum Gasteiger partial charge on any atom is 0.126 e. The Morgan fingerprint density at radius 2 is 1.67 bits per heavy atom. The van der Waals surface area contributed by atoms with Crippen molar-refractivity contribution in [2.45, 2.75) is 13.8 Å². The van der Waals surface area contributed by atoms with Crippen LogP contribution in [0.2, 0.25) is 0 Å². The molecule has 2 heteroatoms. The smallest absolute Gasteiger partial charge is 0.126 e. The van der Waals surface area contributed by atoms with Crippen molar-refractivity contribution in [2.24, 2.45) is 0 Å². The molecule has 0 aliphatic rings. The standard InChI is InChI=1S/C16H15NO/c1-11-8-13(10-17)15(9-12(11)2)14-6-4-5-7-16(14)18-3/h4-9H,1-3H3. The van der Waals surface area contributed by atoms with E-state index < -0.39 is 0 Å². The van der Waals surface area contributed by atoms with Crippen LogP contribution in [0.1, 0.15) is 16.7 Å². The number of methoxy groups -OCH3 is 1. The lowest BCUT2D eigenvalue weighted by molar-refractivity contribution is 0.416. The second kappa shape index (κ2) is 4.93. The van der Waals surface area contributed by atoms with Gasteiger partial charge in [-0.05, 0) is 43.2 Å². The van der Waals surface area contributed by atoms with Crippen LogP contribution in [0.4, 0.5) is 0 Å². The lowest BCUT2D eigenvalue weighted by Crippen LogP contribution is -1.93. The van der Waals surface area contributed by atoms with E-state index in [-0.39, 0.29) is 0 Å². The maximum absolute atomic E-state index is 9.27. The zero-order valence-electron chi connectivity index (χ0n) is 10.8. The van der Waals surface area contributed by atoms with Gasteiger partial charge in [-0.1, -0.05) is 18.2 Å². The summed E-state index contributed by atoms with van der Waals surface area (Å²) in [5, 5.41) is 9.27. The Labute approximate surface area is 107 Å². The molecule has 0 N–H and O–H groups in total. The summed E-state index contributed by atoms with van der Waals surface area (Å²) in [6.45, 7) is 4.07. The normalized spacial score (nSPS) is 9.89. The predicted octanol–water partition coefficient (Wildman–Crippen LogP) is 3.85. The Bertz CT molecular complexity index is 623. The van der Waals surface area contributed by atoms with Gasteiger partial charge in [-0.3, -0.25) is 0 Å². The average molecular weight is 237 g/mol. The third kappa shape index (κ3) is 2.08. The summed E-state index contributed by atoms with van der Waals surface area (Å²) in [5.74, 6) is 0.789. The van der Waals surface area contributed by atoms with Gasteiger partial charge in [-0.15, -0.1) is 0 Å². The second-order valence-corrected chi connectivity index (χ2v) is 4.29. The quantitative estimate of drug-likeness (QED) is 0.794. The molecule has 2 rings (SSSR count). The fourth-order valence-electron chi connectivity index (χ4n) is 2.00. The topological polar surface area (TPSA) is 33.0 Å². The minimum Gasteiger partial charge on any atom is -0.496 e. The summed E-state index contributed by atoms with van der Waals surface area (Å²) in [6, 6.07) is 14.0. The summed E-state index contributed by atoms with van der Waals surface area (Å²) in [5.41, 5.74) is 4.88. The molecule has 0 aliphatic carbocycles. The molecule has 0 amide bonds. The summed E-state index contributed by atoms with van der Waals surface area (Å²) >= 11 is 0. The lowest BCUT2D eigenvalue weighted by Gasteiger charge is -2.12. The molecule has 2 aromatic rings. The van der Waals surface area contributed by atoms with Crippen LogP contribution in [0.5, 0.6) is 5.75 Å². The first-order chi connectivity index (χ1) is 8.67. The van der Waals surface area contributed by atoms with Crippen molar-refractivity contribution in [3.63, 3.8) is 0 Å². The van der Waals surface area contributed by atoms with E-state index in [0.29, 0.717) is 5.56 Å². The molecule has 0 bridgehead atoms. The zero-order valence-corrected chi connectivity index (χ0v) is 10.8. The van der Waals surface area contributed by atoms with Crippen LogP contribution in [0.25, 0.3) is 11.1 Å². The largest absolute Gasteiger partial charge is 0.496 e. The van der Waals surface area contributed by atoms with Crippen molar-refractivity contribution in [1.29, 1.82) is 5.26 Å². The molecular weight excluding hydrogens is 222 g/mol. The van der Waals surface area contributed by atoms with Gasteiger partial charge in [0.1, 0.15) is 5.75 Å². The molecule has 18 heavy (non-hydrogen) atoms. The maximum atomic E-state index is 9.27. The summed E-state index contributed by atoms with van der Waals surface area (Å²) in [6.07, 6.45) is 0. The van der Waals surface area contributed by atoms with Crippen LogP contribution in [0.3, 0.4) is 0 Å². The van der Waals surface area contributed by atoms with Gasteiger partial charge >= 0.3 is 0 Å². The van der Waals surface area contributed by atoms with Crippen molar-refractivity contribution < 1.29 is 4.74 Å². The second-order valence-electron chi connectivity index (χ2n) is 4.29. The SMILES string of the molecule is COc1ccccc1-c1cc(C)c(C)cc1C#N. The van der Waals surface area contributed by atoms with E-state index in [9.17, 15) is 5.26 Å². The van der Waals surface area contributed by atoms with E-state index in [0.717, 1.165) is 22.4 Å². The number of rotatable bonds is 2. The van der Waals surface area contributed by atoms with Crippen LogP contribution in [-0.4, -0.2) is 7.11 Å². The summed E-state index contributed by atoms with van der Waals surface area (Å²) in [4.78, 5) is 0. The zero-order chi connectivity index (χ0) is 13.1. The van der Waals surface area contributed by atoms with Crippen molar-refractivity contribution in [3.05, 3.63) is 53.1 Å². The summed E-state index contributed by atoms with van der Waals surface area (Å²) < 4.78 is 5.36. The van der Waals surface area contributed by atoms with E-state index in [1.54, 1.807) is 7.11 Å². The number of nitrogens with zero attached hydrogens (tertiary/aromatic N) is 1. The average Bonchev–Trinajstić information content (AvgIpc) is 2.41. The van der Waals surface area contributed by atoms with E-state index in [4.69, 9.17) is 4.74 Å². The van der Waals surface area contributed by atoms with Gasteiger partial charge < -0.3 is 4.74 Å². The fraction of sp³-hybridized carbons (Fsp3) is 0.188. The van der Waals surface area contributed by atoms with Gasteiger partial charge in [0.05, 0.1) is 18.7 Å². The molecule has 0 aliphatic heterocycles. The molecule has 0 atom stereocenters. The van der Waals surface area contributed by atoms with E-state index in [2.05, 4.69) is 13.0 Å². The Hall–Kier alpha value is -2.27. The highest BCUT2D eigenvalue weighted by Gasteiger charge is 2.11. The molecule has 0 aromatic heterocycles. The van der Waals surface area contributed by atoms with Gasteiger partial charge in [-0.25, -0.2) is 0 Å². The predicted molar refractivity (Wildman–Crippen MR) is 72.6 cm³/mol. The number of aryl methyl sites for hydroxylation is 2. The highest BCUT2D eigenvalue weighted by Crippen LogP contribution is 2.33. The van der Waals surface area contributed by atoms with Crippen LogP contribution >= 0.6 is 0 Å². The monoisotopic (exact) mass is 237 g/mol. The first-order valence-corrected chi connectivity index (χ1v) is 5.82. The molecule has 0 fully saturated rings. The molecule has 0 heterocycles. The number of ether oxygens (including phenoxy) is 1. The molecule has 0 spiro atoms. The van der Waals surface area contributed by atoms with Gasteiger partial charge in [0.25, 0.3) is 0 Å². The van der Waals surface area contributed by atoms with Crippen LogP contribution in [0.15, 0.2) is 36.4 Å². The van der Waals surface area contributed by atoms with Crippen LogP contribution in [0, 0.1) is 25.2 Å². The third-order valence-corrected chi connectivity index (χ3v) is 3.15. The molecule has 0 saturated heterocycles. The van der Waals surface area contributed by atoms with Crippen LogP contribution < -0.4 is 4.74 Å². The third-order valence-electron chi connectivity index (χ3n) is 3.15. The first kappa shape index (κ1) is 12.2. The Balaban J connectivity index is 2.71. The van der Waals surface area contributed by atoms with E-state index >= 15 is 0 Å². The lowest BCUT2D eigenvalue weighted by atomic mass is 9.95. The van der Waals surface area contributed by atoms with Gasteiger partial charge in [0.15, 0.2) is 0 Å². The number of hydrogen-bond donors (Lipinski definition) is 0. The Kier molecular flexibility index (Phi) is 3.34. The molecule has 90 valence electrons. The van der Waals surface area contributed by atoms with E-state index in [1.165, 1.54) is 5.56 Å². The van der Waals surface area contributed by atoms with Crippen molar-refractivity contribution in [1.82, 2.24) is 0 Å². The molecular formula is C16H15NO. The molecule has 0 saturated carbocycles. The van der Waals surface area contributed by atoms with Gasteiger partial charge in [-0.2, -0.15) is 5.26 Å². The number of nitriles is 1. The fourth-order valence-corrected chi connectivity index (χ4v) is 2.00. The van der Waals surface area contributed by atoms with Crippen molar-refractivity contribution >= 4 is 0 Å². The highest BCUT2D eigenvalue weighted by molar-refractivity contribution is 5.76. The molecule has 0 radical (unpaired) electrons. The Morgan fingerprint density at radius 1 is 1.00 bits per heavy atom. The minimum absolute atomic E-state index is 0.683. The molecule has 2 aromatic carbocycles. The number of benzene rings is 2. The Morgan fingerprint density at radius 3 is 2.33 bits per heavy atom. The van der Waals surface area contributed by atoms with Gasteiger partial charge in [0.2, 0.25) is 0 Å². The first-order valence-electron chi connectivity index (χ1n) is 5.82. The number of hydrogen-bond acceptors (Lipinski definition) is 2. The van der Waals surface area contributed by atoms with E-state index in [1.807, 2.05) is 43.3 Å². The summed E-state index contributed by atoms with van der Waals surface area (Å²) in [7, 11) is 1.64. The highest BCUT2D eigenvalue weighted by atomic mass is 16.5. The number of para-hydroxylation sites is 1. The molecule has 0 unspecified atom stereocenters.